The van der Waals surface area contributed by atoms with Crippen LogP contribution in [-0.4, -0.2) is 48.4 Å². The number of amidine groups is 1. The predicted molar refractivity (Wildman–Crippen MR) is 125 cm³/mol. The van der Waals surface area contributed by atoms with E-state index in [9.17, 15) is 0 Å². The Morgan fingerprint density at radius 3 is 2.32 bits per heavy atom. The Morgan fingerprint density at radius 2 is 1.64 bits per heavy atom. The Labute approximate surface area is 181 Å². The van der Waals surface area contributed by atoms with Crippen LogP contribution in [0.3, 0.4) is 0 Å². The van der Waals surface area contributed by atoms with E-state index in [1.165, 1.54) is 22.3 Å². The van der Waals surface area contributed by atoms with E-state index < -0.39 is 0 Å². The van der Waals surface area contributed by atoms with Crippen LogP contribution in [0.1, 0.15) is 23.6 Å². The Morgan fingerprint density at radius 1 is 0.929 bits per heavy atom. The molecular formula is C23H29Cl2N3. The van der Waals surface area contributed by atoms with E-state index in [-0.39, 0.29) is 24.8 Å². The SMILES string of the molecule is CCN1CCN(C2=Nc3ccc(C)cc3CC=C2c2ccccc2)CC1.Cl.Cl. The fourth-order valence-corrected chi connectivity index (χ4v) is 3.85. The molecule has 0 aliphatic carbocycles. The molecule has 28 heavy (non-hydrogen) atoms. The van der Waals surface area contributed by atoms with Crippen LogP contribution in [0.2, 0.25) is 0 Å². The van der Waals surface area contributed by atoms with E-state index in [4.69, 9.17) is 4.99 Å². The van der Waals surface area contributed by atoms with Gasteiger partial charge in [-0.25, -0.2) is 4.99 Å². The summed E-state index contributed by atoms with van der Waals surface area (Å²) in [5.41, 5.74) is 6.26. The van der Waals surface area contributed by atoms with Gasteiger partial charge in [0.1, 0.15) is 5.84 Å². The van der Waals surface area contributed by atoms with E-state index in [0.717, 1.165) is 50.7 Å². The van der Waals surface area contributed by atoms with Crippen molar-refractivity contribution in [3.8, 4) is 0 Å². The molecule has 4 rings (SSSR count). The van der Waals surface area contributed by atoms with Crippen molar-refractivity contribution in [1.29, 1.82) is 0 Å². The number of allylic oxidation sites excluding steroid dienone is 1. The number of halogens is 2. The zero-order chi connectivity index (χ0) is 17.9. The second kappa shape index (κ2) is 10.1. The zero-order valence-corrected chi connectivity index (χ0v) is 18.2. The van der Waals surface area contributed by atoms with Crippen molar-refractivity contribution in [1.82, 2.24) is 9.80 Å². The van der Waals surface area contributed by atoms with Crippen LogP contribution in [0, 0.1) is 6.92 Å². The van der Waals surface area contributed by atoms with Gasteiger partial charge in [-0.05, 0) is 37.1 Å². The molecule has 3 nitrogen and oxygen atoms in total. The minimum atomic E-state index is 0. The summed E-state index contributed by atoms with van der Waals surface area (Å²) in [6.45, 7) is 9.82. The van der Waals surface area contributed by atoms with E-state index in [1.807, 2.05) is 0 Å². The van der Waals surface area contributed by atoms with Gasteiger partial charge in [-0.2, -0.15) is 0 Å². The molecule has 0 aromatic heterocycles. The lowest BCUT2D eigenvalue weighted by molar-refractivity contribution is 0.191. The number of fused-ring (bicyclic) bond motifs is 1. The number of nitrogens with zero attached hydrogens (tertiary/aromatic N) is 3. The quantitative estimate of drug-likeness (QED) is 0.672. The Bertz CT molecular complexity index is 838. The maximum Gasteiger partial charge on any atom is 0.136 e. The molecule has 2 aromatic rings. The molecule has 0 bridgehead atoms. The molecule has 150 valence electrons. The maximum absolute atomic E-state index is 5.17. The van der Waals surface area contributed by atoms with Crippen molar-refractivity contribution in [2.75, 3.05) is 32.7 Å². The second-order valence-corrected chi connectivity index (χ2v) is 7.18. The van der Waals surface area contributed by atoms with E-state index in [0.29, 0.717) is 0 Å². The number of likely N-dealkylation sites (N-methyl/N-ethyl adjacent to an activating group) is 1. The van der Waals surface area contributed by atoms with Crippen LogP contribution in [0.15, 0.2) is 59.6 Å². The van der Waals surface area contributed by atoms with Gasteiger partial charge in [-0.15, -0.1) is 24.8 Å². The van der Waals surface area contributed by atoms with Gasteiger partial charge in [0.15, 0.2) is 0 Å². The monoisotopic (exact) mass is 417 g/mol. The Kier molecular flexibility index (Phi) is 8.11. The van der Waals surface area contributed by atoms with E-state index >= 15 is 0 Å². The van der Waals surface area contributed by atoms with E-state index in [2.05, 4.69) is 78.3 Å². The minimum Gasteiger partial charge on any atom is -0.354 e. The molecule has 0 unspecified atom stereocenters. The number of hydrogen-bond donors (Lipinski definition) is 0. The molecule has 0 radical (unpaired) electrons. The number of rotatable bonds is 2. The molecule has 2 aliphatic rings. The summed E-state index contributed by atoms with van der Waals surface area (Å²) in [7, 11) is 0. The van der Waals surface area contributed by atoms with Gasteiger partial charge in [0.25, 0.3) is 0 Å². The summed E-state index contributed by atoms with van der Waals surface area (Å²) in [4.78, 5) is 10.2. The number of aliphatic imine (C=N–C) groups is 1. The molecule has 0 amide bonds. The van der Waals surface area contributed by atoms with Gasteiger partial charge < -0.3 is 9.80 Å². The summed E-state index contributed by atoms with van der Waals surface area (Å²) in [5.74, 6) is 1.13. The molecule has 0 saturated carbocycles. The van der Waals surface area contributed by atoms with Crippen LogP contribution < -0.4 is 0 Å². The molecule has 0 N–H and O–H groups in total. The molecule has 1 fully saturated rings. The van der Waals surface area contributed by atoms with Crippen molar-refractivity contribution in [3.05, 3.63) is 71.3 Å². The zero-order valence-electron chi connectivity index (χ0n) is 16.6. The number of hydrogen-bond acceptors (Lipinski definition) is 3. The molecule has 5 heteroatoms. The molecule has 0 atom stereocenters. The molecular weight excluding hydrogens is 389 g/mol. The normalized spacial score (nSPS) is 16.7. The highest BCUT2D eigenvalue weighted by Crippen LogP contribution is 2.30. The first-order valence-corrected chi connectivity index (χ1v) is 9.66. The average Bonchev–Trinajstić information content (AvgIpc) is 2.88. The average molecular weight is 418 g/mol. The summed E-state index contributed by atoms with van der Waals surface area (Å²) in [5, 5.41) is 0. The fraction of sp³-hybridized carbons (Fsp3) is 0.348. The van der Waals surface area contributed by atoms with Crippen LogP contribution in [0.5, 0.6) is 0 Å². The summed E-state index contributed by atoms with van der Waals surface area (Å²) in [6.07, 6.45) is 3.30. The molecule has 2 aromatic carbocycles. The highest BCUT2D eigenvalue weighted by molar-refractivity contribution is 6.23. The third kappa shape index (κ3) is 4.78. The molecule has 1 saturated heterocycles. The van der Waals surface area contributed by atoms with Crippen molar-refractivity contribution in [2.45, 2.75) is 20.3 Å². The van der Waals surface area contributed by atoms with E-state index in [1.54, 1.807) is 0 Å². The number of aryl methyl sites for hydroxylation is 1. The van der Waals surface area contributed by atoms with Crippen LogP contribution in [-0.2, 0) is 6.42 Å². The van der Waals surface area contributed by atoms with Crippen molar-refractivity contribution in [3.63, 3.8) is 0 Å². The lowest BCUT2D eigenvalue weighted by Crippen LogP contribution is -2.48. The number of benzene rings is 2. The molecule has 0 spiro atoms. The van der Waals surface area contributed by atoms with Crippen molar-refractivity contribution < 1.29 is 0 Å². The Balaban J connectivity index is 0.00000140. The van der Waals surface area contributed by atoms with Gasteiger partial charge in [0.05, 0.1) is 5.69 Å². The van der Waals surface area contributed by atoms with Crippen LogP contribution in [0.4, 0.5) is 5.69 Å². The topological polar surface area (TPSA) is 18.8 Å². The highest BCUT2D eigenvalue weighted by Gasteiger charge is 2.24. The number of piperazine rings is 1. The third-order valence-corrected chi connectivity index (χ3v) is 5.43. The Hall–Kier alpha value is -1.81. The lowest BCUT2D eigenvalue weighted by Gasteiger charge is -2.36. The maximum atomic E-state index is 5.17. The summed E-state index contributed by atoms with van der Waals surface area (Å²) < 4.78 is 0. The van der Waals surface area contributed by atoms with Gasteiger partial charge >= 0.3 is 0 Å². The largest absolute Gasteiger partial charge is 0.354 e. The summed E-state index contributed by atoms with van der Waals surface area (Å²) >= 11 is 0. The minimum absolute atomic E-state index is 0. The first kappa shape index (κ1) is 22.5. The van der Waals surface area contributed by atoms with Gasteiger partial charge in [0.2, 0.25) is 0 Å². The third-order valence-electron chi connectivity index (χ3n) is 5.43. The van der Waals surface area contributed by atoms with Gasteiger partial charge in [-0.3, -0.25) is 0 Å². The fourth-order valence-electron chi connectivity index (χ4n) is 3.85. The second-order valence-electron chi connectivity index (χ2n) is 7.18. The van der Waals surface area contributed by atoms with Gasteiger partial charge in [0, 0.05) is 31.8 Å². The van der Waals surface area contributed by atoms with Crippen molar-refractivity contribution >= 4 is 41.9 Å². The smallest absolute Gasteiger partial charge is 0.136 e. The first-order valence-electron chi connectivity index (χ1n) is 9.66. The highest BCUT2D eigenvalue weighted by atomic mass is 35.5. The lowest BCUT2D eigenvalue weighted by atomic mass is 10.0. The first-order chi connectivity index (χ1) is 12.7. The molecule has 2 aliphatic heterocycles. The summed E-state index contributed by atoms with van der Waals surface area (Å²) in [6, 6.07) is 17.3. The van der Waals surface area contributed by atoms with Crippen LogP contribution >= 0.6 is 24.8 Å². The molecule has 2 heterocycles. The standard InChI is InChI=1S/C23H27N3.2ClH/c1-3-25-13-15-26(16-14-25)23-21(19-7-5-4-6-8-19)11-10-20-17-18(2)9-12-22(20)24-23;;/h4-9,11-12,17H,3,10,13-16H2,1-2H3;2*1H. The van der Waals surface area contributed by atoms with Gasteiger partial charge in [-0.1, -0.05) is 61.0 Å². The predicted octanol–water partition coefficient (Wildman–Crippen LogP) is 5.15. The van der Waals surface area contributed by atoms with Crippen molar-refractivity contribution in [2.24, 2.45) is 4.99 Å². The van der Waals surface area contributed by atoms with Crippen LogP contribution in [0.25, 0.3) is 5.57 Å².